The largest absolute Gasteiger partial charge is 0.495 e. The molecular formula is C20H24N6O4. The number of amides is 2. The van der Waals surface area contributed by atoms with Crippen molar-refractivity contribution < 1.29 is 19.1 Å². The van der Waals surface area contributed by atoms with Gasteiger partial charge in [-0.25, -0.2) is 0 Å². The van der Waals surface area contributed by atoms with Gasteiger partial charge in [0.2, 0.25) is 17.8 Å². The summed E-state index contributed by atoms with van der Waals surface area (Å²) in [5, 5.41) is 5.58. The van der Waals surface area contributed by atoms with Crippen molar-refractivity contribution in [1.29, 1.82) is 0 Å². The van der Waals surface area contributed by atoms with Crippen LogP contribution in [0.25, 0.3) is 0 Å². The molecule has 1 saturated heterocycles. The van der Waals surface area contributed by atoms with Gasteiger partial charge in [-0.2, -0.15) is 9.97 Å². The molecule has 0 aliphatic carbocycles. The Bertz CT molecular complexity index is 990. The number of carbonyl (C=O) groups is 2. The van der Waals surface area contributed by atoms with Gasteiger partial charge in [-0.3, -0.25) is 9.59 Å². The van der Waals surface area contributed by atoms with Gasteiger partial charge in [0.25, 0.3) is 0 Å². The van der Waals surface area contributed by atoms with Crippen molar-refractivity contribution in [2.45, 2.75) is 19.3 Å². The average molecular weight is 412 g/mol. The van der Waals surface area contributed by atoms with Crippen LogP contribution in [0.15, 0.2) is 18.2 Å². The lowest BCUT2D eigenvalue weighted by Crippen LogP contribution is -2.38. The number of fused-ring (bicyclic) bond motifs is 1. The minimum Gasteiger partial charge on any atom is -0.495 e. The van der Waals surface area contributed by atoms with Gasteiger partial charge >= 0.3 is 0 Å². The van der Waals surface area contributed by atoms with Gasteiger partial charge in [0, 0.05) is 19.5 Å². The Hall–Kier alpha value is -3.40. The number of hydrogen-bond donors (Lipinski definition) is 3. The smallest absolute Gasteiger partial charge is 0.232 e. The van der Waals surface area contributed by atoms with E-state index in [0.717, 1.165) is 5.56 Å². The van der Waals surface area contributed by atoms with Gasteiger partial charge in [-0.05, 0) is 24.6 Å². The molecule has 0 spiro atoms. The number of benzene rings is 1. The molecule has 158 valence electrons. The van der Waals surface area contributed by atoms with Crippen molar-refractivity contribution in [2.24, 2.45) is 0 Å². The number of aryl methyl sites for hydroxylation is 1. The molecule has 4 N–H and O–H groups in total. The number of nitrogen functional groups attached to an aromatic ring is 1. The number of nitrogens with one attached hydrogen (secondary N) is 2. The zero-order valence-corrected chi connectivity index (χ0v) is 16.9. The molecule has 4 rings (SSSR count). The van der Waals surface area contributed by atoms with Crippen molar-refractivity contribution in [3.8, 4) is 5.75 Å². The third kappa shape index (κ3) is 3.86. The van der Waals surface area contributed by atoms with Crippen molar-refractivity contribution in [3.05, 3.63) is 29.3 Å². The number of aromatic nitrogens is 2. The molecule has 10 nitrogen and oxygen atoms in total. The quantitative estimate of drug-likeness (QED) is 0.684. The molecule has 0 unspecified atom stereocenters. The fourth-order valence-electron chi connectivity index (χ4n) is 3.65. The molecule has 1 aromatic heterocycles. The first-order valence-electron chi connectivity index (χ1n) is 9.71. The van der Waals surface area contributed by atoms with E-state index in [4.69, 9.17) is 15.2 Å². The van der Waals surface area contributed by atoms with Crippen LogP contribution in [0.2, 0.25) is 0 Å². The third-order valence-corrected chi connectivity index (χ3v) is 5.18. The number of nitrogens with zero attached hydrogens (tertiary/aromatic N) is 3. The zero-order chi connectivity index (χ0) is 21.3. The number of ether oxygens (including phenoxy) is 2. The molecule has 0 saturated carbocycles. The third-order valence-electron chi connectivity index (χ3n) is 5.18. The Labute approximate surface area is 173 Å². The number of hydrogen-bond acceptors (Lipinski definition) is 8. The molecule has 2 aliphatic rings. The van der Waals surface area contributed by atoms with E-state index in [1.165, 1.54) is 7.11 Å². The predicted octanol–water partition coefficient (Wildman–Crippen LogP) is 1.28. The number of morpholine rings is 1. The van der Waals surface area contributed by atoms with Gasteiger partial charge in [-0.15, -0.1) is 0 Å². The summed E-state index contributed by atoms with van der Waals surface area (Å²) in [5.74, 6) is -0.0842. The summed E-state index contributed by atoms with van der Waals surface area (Å²) in [6.45, 7) is 4.30. The van der Waals surface area contributed by atoms with Gasteiger partial charge in [0.05, 0.1) is 37.5 Å². The molecule has 1 fully saturated rings. The van der Waals surface area contributed by atoms with Gasteiger partial charge in [-0.1, -0.05) is 6.07 Å². The first-order chi connectivity index (χ1) is 14.5. The standard InChI is InChI=1S/C20H24N6O4/c1-11-3-4-14(29-2)13(9-11)22-19(28)12-10-15(27)23-18-16(12)17(21)24-20(25-18)26-5-7-30-8-6-26/h3-4,9,12H,5-8,10H2,1-2H3,(H,22,28)(H3,21,23,24,25,27)/t12-/m1/s1. The number of rotatable bonds is 4. The minimum atomic E-state index is -0.808. The Morgan fingerprint density at radius 1 is 1.33 bits per heavy atom. The van der Waals surface area contributed by atoms with Crippen LogP contribution in [0, 0.1) is 6.92 Å². The fourth-order valence-corrected chi connectivity index (χ4v) is 3.65. The Morgan fingerprint density at radius 2 is 2.10 bits per heavy atom. The fraction of sp³-hybridized carbons (Fsp3) is 0.400. The summed E-state index contributed by atoms with van der Waals surface area (Å²) in [6.07, 6.45) is -0.0442. The molecule has 0 radical (unpaired) electrons. The highest BCUT2D eigenvalue weighted by atomic mass is 16.5. The van der Waals surface area contributed by atoms with Crippen LogP contribution in [0.1, 0.15) is 23.5 Å². The molecule has 2 aromatic rings. The van der Waals surface area contributed by atoms with Crippen LogP contribution in [0.5, 0.6) is 5.75 Å². The molecule has 2 aliphatic heterocycles. The second-order valence-electron chi connectivity index (χ2n) is 7.27. The molecule has 2 amide bonds. The molecule has 1 atom stereocenters. The lowest BCUT2D eigenvalue weighted by molar-refractivity contribution is -0.123. The van der Waals surface area contributed by atoms with Crippen LogP contribution in [-0.2, 0) is 14.3 Å². The Morgan fingerprint density at radius 3 is 2.83 bits per heavy atom. The van der Waals surface area contributed by atoms with Crippen molar-refractivity contribution in [3.63, 3.8) is 0 Å². The maximum Gasteiger partial charge on any atom is 0.232 e. The molecular weight excluding hydrogens is 388 g/mol. The predicted molar refractivity (Wildman–Crippen MR) is 112 cm³/mol. The van der Waals surface area contributed by atoms with Gasteiger partial charge in [0.1, 0.15) is 17.4 Å². The van der Waals surface area contributed by atoms with Crippen LogP contribution < -0.4 is 26.0 Å². The second kappa shape index (κ2) is 8.15. The lowest BCUT2D eigenvalue weighted by Gasteiger charge is -2.30. The van der Waals surface area contributed by atoms with Crippen molar-refractivity contribution >= 4 is 35.1 Å². The van der Waals surface area contributed by atoms with E-state index in [1.807, 2.05) is 24.0 Å². The van der Waals surface area contributed by atoms with E-state index >= 15 is 0 Å². The van der Waals surface area contributed by atoms with E-state index in [2.05, 4.69) is 20.6 Å². The number of anilines is 4. The topological polar surface area (TPSA) is 132 Å². The summed E-state index contributed by atoms with van der Waals surface area (Å²) in [6, 6.07) is 5.47. The highest BCUT2D eigenvalue weighted by Crippen LogP contribution is 2.37. The molecule has 30 heavy (non-hydrogen) atoms. The number of methoxy groups -OCH3 is 1. The summed E-state index contributed by atoms with van der Waals surface area (Å²) in [7, 11) is 1.53. The van der Waals surface area contributed by atoms with Crippen molar-refractivity contribution in [2.75, 3.05) is 54.7 Å². The summed E-state index contributed by atoms with van der Waals surface area (Å²) in [4.78, 5) is 36.2. The van der Waals surface area contributed by atoms with E-state index in [9.17, 15) is 9.59 Å². The van der Waals surface area contributed by atoms with Crippen LogP contribution in [-0.4, -0.2) is 55.2 Å². The van der Waals surface area contributed by atoms with E-state index < -0.39 is 5.92 Å². The summed E-state index contributed by atoms with van der Waals surface area (Å²) < 4.78 is 10.7. The molecule has 10 heteroatoms. The number of carbonyl (C=O) groups excluding carboxylic acids is 2. The zero-order valence-electron chi connectivity index (χ0n) is 16.9. The highest BCUT2D eigenvalue weighted by molar-refractivity contribution is 6.06. The number of nitrogens with two attached hydrogens (primary N) is 1. The maximum absolute atomic E-state index is 13.1. The summed E-state index contributed by atoms with van der Waals surface area (Å²) >= 11 is 0. The highest BCUT2D eigenvalue weighted by Gasteiger charge is 2.35. The Balaban J connectivity index is 1.65. The Kier molecular flexibility index (Phi) is 5.40. The SMILES string of the molecule is COc1ccc(C)cc1NC(=O)[C@@H]1CC(=O)Nc2nc(N3CCOCC3)nc(N)c21. The first-order valence-corrected chi connectivity index (χ1v) is 9.71. The van der Waals surface area contributed by atoms with E-state index in [-0.39, 0.29) is 29.9 Å². The van der Waals surface area contributed by atoms with Gasteiger partial charge in [0.15, 0.2) is 0 Å². The van der Waals surface area contributed by atoms with E-state index in [1.54, 1.807) is 6.07 Å². The minimum absolute atomic E-state index is 0.0442. The van der Waals surface area contributed by atoms with Gasteiger partial charge < -0.3 is 30.7 Å². The normalized spacial score (nSPS) is 18.4. The maximum atomic E-state index is 13.1. The van der Waals surface area contributed by atoms with Crippen molar-refractivity contribution in [1.82, 2.24) is 9.97 Å². The second-order valence-corrected chi connectivity index (χ2v) is 7.27. The van der Waals surface area contributed by atoms with Crippen LogP contribution in [0.4, 0.5) is 23.3 Å². The molecule has 0 bridgehead atoms. The summed E-state index contributed by atoms with van der Waals surface area (Å²) in [5.41, 5.74) is 8.15. The lowest BCUT2D eigenvalue weighted by atomic mass is 9.91. The monoisotopic (exact) mass is 412 g/mol. The molecule has 3 heterocycles. The van der Waals surface area contributed by atoms with Crippen LogP contribution in [0.3, 0.4) is 0 Å². The molecule has 1 aromatic carbocycles. The average Bonchev–Trinajstić information content (AvgIpc) is 2.73. The first kappa shape index (κ1) is 19.9. The van der Waals surface area contributed by atoms with E-state index in [0.29, 0.717) is 49.3 Å². The van der Waals surface area contributed by atoms with Crippen LogP contribution >= 0.6 is 0 Å².